The second-order valence-corrected chi connectivity index (χ2v) is 5.47. The predicted molar refractivity (Wildman–Crippen MR) is 95.4 cm³/mol. The smallest absolute Gasteiger partial charge is 0.131 e. The van der Waals surface area contributed by atoms with Crippen molar-refractivity contribution >= 4 is 5.76 Å². The SMILES string of the molecule is C=C(O)c1cc(OCc2ccccc2)cc(Oc2ccc(F)cc2)c1. The van der Waals surface area contributed by atoms with Gasteiger partial charge < -0.3 is 14.6 Å². The second kappa shape index (κ2) is 7.53. The van der Waals surface area contributed by atoms with E-state index in [-0.39, 0.29) is 11.6 Å². The van der Waals surface area contributed by atoms with Crippen molar-refractivity contribution in [3.8, 4) is 17.2 Å². The molecule has 3 nitrogen and oxygen atoms in total. The molecule has 0 atom stereocenters. The fraction of sp³-hybridized carbons (Fsp3) is 0.0476. The predicted octanol–water partition coefficient (Wildman–Crippen LogP) is 5.73. The zero-order valence-electron chi connectivity index (χ0n) is 13.5. The number of ether oxygens (including phenoxy) is 2. The van der Waals surface area contributed by atoms with Crippen molar-refractivity contribution < 1.29 is 19.0 Å². The second-order valence-electron chi connectivity index (χ2n) is 5.47. The van der Waals surface area contributed by atoms with Gasteiger partial charge in [-0.25, -0.2) is 4.39 Å². The summed E-state index contributed by atoms with van der Waals surface area (Å²) in [5, 5.41) is 9.71. The molecule has 4 heteroatoms. The van der Waals surface area contributed by atoms with Gasteiger partial charge >= 0.3 is 0 Å². The van der Waals surface area contributed by atoms with Crippen LogP contribution >= 0.6 is 0 Å². The van der Waals surface area contributed by atoms with Crippen LogP contribution in [0, 0.1) is 5.82 Å². The van der Waals surface area contributed by atoms with E-state index in [1.54, 1.807) is 18.2 Å². The highest BCUT2D eigenvalue weighted by Crippen LogP contribution is 2.30. The maximum Gasteiger partial charge on any atom is 0.131 e. The first-order valence-corrected chi connectivity index (χ1v) is 7.73. The van der Waals surface area contributed by atoms with Crippen LogP contribution in [0.1, 0.15) is 11.1 Å². The van der Waals surface area contributed by atoms with Gasteiger partial charge in [-0.2, -0.15) is 0 Å². The van der Waals surface area contributed by atoms with Gasteiger partial charge in [-0.05, 0) is 42.0 Å². The van der Waals surface area contributed by atoms with E-state index >= 15 is 0 Å². The minimum Gasteiger partial charge on any atom is -0.508 e. The van der Waals surface area contributed by atoms with Crippen molar-refractivity contribution in [2.45, 2.75) is 6.61 Å². The summed E-state index contributed by atoms with van der Waals surface area (Å²) >= 11 is 0. The van der Waals surface area contributed by atoms with Crippen LogP contribution < -0.4 is 9.47 Å². The maximum atomic E-state index is 13.0. The molecule has 0 radical (unpaired) electrons. The van der Waals surface area contributed by atoms with Gasteiger partial charge in [-0.15, -0.1) is 0 Å². The fourth-order valence-corrected chi connectivity index (χ4v) is 2.26. The van der Waals surface area contributed by atoms with E-state index in [1.165, 1.54) is 24.3 Å². The molecule has 0 spiro atoms. The standard InChI is InChI=1S/C21H17FO3/c1-15(23)17-11-20(24-14-16-5-3-2-4-6-16)13-21(12-17)25-19-9-7-18(22)8-10-19/h2-13,23H,1,14H2. The minimum atomic E-state index is -0.336. The molecule has 0 saturated carbocycles. The average molecular weight is 336 g/mol. The summed E-state index contributed by atoms with van der Waals surface area (Å²) in [4.78, 5) is 0. The van der Waals surface area contributed by atoms with E-state index in [0.29, 0.717) is 29.4 Å². The van der Waals surface area contributed by atoms with Crippen LogP contribution in [0.3, 0.4) is 0 Å². The number of aliphatic hydroxyl groups is 1. The van der Waals surface area contributed by atoms with Gasteiger partial charge in [0.1, 0.15) is 35.4 Å². The lowest BCUT2D eigenvalue weighted by molar-refractivity contribution is 0.304. The molecular weight excluding hydrogens is 319 g/mol. The number of hydrogen-bond donors (Lipinski definition) is 1. The molecule has 25 heavy (non-hydrogen) atoms. The zero-order chi connectivity index (χ0) is 17.6. The van der Waals surface area contributed by atoms with Gasteiger partial charge in [-0.3, -0.25) is 0 Å². The number of benzene rings is 3. The van der Waals surface area contributed by atoms with Crippen molar-refractivity contribution in [2.24, 2.45) is 0 Å². The van der Waals surface area contributed by atoms with Crippen molar-refractivity contribution in [2.75, 3.05) is 0 Å². The molecule has 3 rings (SSSR count). The van der Waals surface area contributed by atoms with E-state index in [4.69, 9.17) is 9.47 Å². The number of hydrogen-bond acceptors (Lipinski definition) is 3. The topological polar surface area (TPSA) is 38.7 Å². The van der Waals surface area contributed by atoms with E-state index in [9.17, 15) is 9.50 Å². The molecule has 0 fully saturated rings. The van der Waals surface area contributed by atoms with Crippen LogP contribution in [-0.2, 0) is 6.61 Å². The molecule has 0 aromatic heterocycles. The highest BCUT2D eigenvalue weighted by molar-refractivity contribution is 5.60. The number of rotatable bonds is 6. The first-order chi connectivity index (χ1) is 12.1. The number of aliphatic hydroxyl groups excluding tert-OH is 1. The van der Waals surface area contributed by atoms with Crippen LogP contribution in [0.2, 0.25) is 0 Å². The summed E-state index contributed by atoms with van der Waals surface area (Å²) < 4.78 is 24.5. The summed E-state index contributed by atoms with van der Waals surface area (Å²) in [6, 6.07) is 20.5. The Labute approximate surface area is 145 Å². The zero-order valence-corrected chi connectivity index (χ0v) is 13.5. The molecule has 0 saturated heterocycles. The minimum absolute atomic E-state index is 0.0888. The first-order valence-electron chi connectivity index (χ1n) is 7.73. The van der Waals surface area contributed by atoms with Crippen molar-refractivity contribution in [1.82, 2.24) is 0 Å². The summed E-state index contributed by atoms with van der Waals surface area (Å²) in [6.45, 7) is 3.93. The summed E-state index contributed by atoms with van der Waals surface area (Å²) in [6.07, 6.45) is 0. The van der Waals surface area contributed by atoms with Crippen LogP contribution in [0.5, 0.6) is 17.2 Å². The summed E-state index contributed by atoms with van der Waals surface area (Å²) in [5.41, 5.74) is 1.51. The van der Waals surface area contributed by atoms with Crippen LogP contribution in [0.15, 0.2) is 79.4 Å². The largest absolute Gasteiger partial charge is 0.508 e. The Morgan fingerprint density at radius 3 is 2.24 bits per heavy atom. The molecule has 0 aliphatic heterocycles. The fourth-order valence-electron chi connectivity index (χ4n) is 2.26. The molecule has 0 aliphatic carbocycles. The van der Waals surface area contributed by atoms with Crippen molar-refractivity contribution in [1.29, 1.82) is 0 Å². The maximum absolute atomic E-state index is 13.0. The molecule has 3 aromatic rings. The van der Waals surface area contributed by atoms with Gasteiger partial charge in [0.2, 0.25) is 0 Å². The third-order valence-electron chi connectivity index (χ3n) is 3.51. The quantitative estimate of drug-likeness (QED) is 0.585. The van der Waals surface area contributed by atoms with Crippen LogP contribution in [-0.4, -0.2) is 5.11 Å². The van der Waals surface area contributed by atoms with Crippen molar-refractivity contribution in [3.63, 3.8) is 0 Å². The molecule has 1 N–H and O–H groups in total. The molecule has 0 aliphatic rings. The molecule has 0 unspecified atom stereocenters. The van der Waals surface area contributed by atoms with E-state index in [1.807, 2.05) is 30.3 Å². The lowest BCUT2D eigenvalue weighted by atomic mass is 10.1. The molecular formula is C21H17FO3. The average Bonchev–Trinajstić information content (AvgIpc) is 2.63. The number of halogens is 1. The van der Waals surface area contributed by atoms with Crippen LogP contribution in [0.4, 0.5) is 4.39 Å². The summed E-state index contributed by atoms with van der Waals surface area (Å²) in [7, 11) is 0. The van der Waals surface area contributed by atoms with Gasteiger partial charge in [0.15, 0.2) is 0 Å². The van der Waals surface area contributed by atoms with Gasteiger partial charge in [0, 0.05) is 11.6 Å². The van der Waals surface area contributed by atoms with Crippen LogP contribution in [0.25, 0.3) is 5.76 Å². The Hall–Kier alpha value is -3.27. The Balaban J connectivity index is 1.81. The Bertz CT molecular complexity index is 858. The van der Waals surface area contributed by atoms with Gasteiger partial charge in [-0.1, -0.05) is 36.9 Å². The monoisotopic (exact) mass is 336 g/mol. The third kappa shape index (κ3) is 4.61. The van der Waals surface area contributed by atoms with E-state index < -0.39 is 0 Å². The Kier molecular flexibility index (Phi) is 5.00. The highest BCUT2D eigenvalue weighted by atomic mass is 19.1. The first kappa shape index (κ1) is 16.6. The molecule has 0 heterocycles. The van der Waals surface area contributed by atoms with Gasteiger partial charge in [0.05, 0.1) is 0 Å². The van der Waals surface area contributed by atoms with Gasteiger partial charge in [0.25, 0.3) is 0 Å². The lowest BCUT2D eigenvalue weighted by Crippen LogP contribution is -1.97. The summed E-state index contributed by atoms with van der Waals surface area (Å²) in [5.74, 6) is 1.05. The van der Waals surface area contributed by atoms with E-state index in [0.717, 1.165) is 5.56 Å². The molecule has 0 amide bonds. The van der Waals surface area contributed by atoms with E-state index in [2.05, 4.69) is 6.58 Å². The van der Waals surface area contributed by atoms with Crippen molar-refractivity contribution in [3.05, 3.63) is 96.3 Å². The molecule has 3 aromatic carbocycles. The molecule has 0 bridgehead atoms. The Morgan fingerprint density at radius 1 is 0.880 bits per heavy atom. The lowest BCUT2D eigenvalue weighted by Gasteiger charge is -2.12. The normalized spacial score (nSPS) is 10.3. The molecule has 126 valence electrons. The third-order valence-corrected chi connectivity index (χ3v) is 3.51. The highest BCUT2D eigenvalue weighted by Gasteiger charge is 2.07. The Morgan fingerprint density at radius 2 is 1.56 bits per heavy atom.